The summed E-state index contributed by atoms with van der Waals surface area (Å²) in [5.74, 6) is -1.13. The summed E-state index contributed by atoms with van der Waals surface area (Å²) in [6.07, 6.45) is 5.83. The molecule has 0 aromatic heterocycles. The van der Waals surface area contributed by atoms with Crippen LogP contribution in [0, 0.1) is 11.3 Å². The maximum atomic E-state index is 12.3. The summed E-state index contributed by atoms with van der Waals surface area (Å²) in [5.41, 5.74) is -0.176. The molecule has 5 nitrogen and oxygen atoms in total. The number of benzene rings is 1. The van der Waals surface area contributed by atoms with Crippen molar-refractivity contribution >= 4 is 41.2 Å². The zero-order valence-electron chi connectivity index (χ0n) is 14.4. The Morgan fingerprint density at radius 1 is 1.27 bits per heavy atom. The largest absolute Gasteiger partial charge is 0.449 e. The van der Waals surface area contributed by atoms with Gasteiger partial charge in [-0.05, 0) is 43.5 Å². The molecule has 1 aliphatic rings. The third-order valence-electron chi connectivity index (χ3n) is 4.30. The Morgan fingerprint density at radius 2 is 1.96 bits per heavy atom. The molecule has 0 bridgehead atoms. The maximum Gasteiger partial charge on any atom is 0.331 e. The van der Waals surface area contributed by atoms with Gasteiger partial charge in [-0.1, -0.05) is 48.5 Å². The first-order chi connectivity index (χ1) is 12.3. The fraction of sp³-hybridized carbons (Fsp3) is 0.421. The number of amides is 1. The minimum Gasteiger partial charge on any atom is -0.449 e. The molecule has 1 fully saturated rings. The molecule has 138 valence electrons. The highest BCUT2D eigenvalue weighted by atomic mass is 35.5. The molecular weight excluding hydrogens is 375 g/mol. The third kappa shape index (κ3) is 5.48. The fourth-order valence-electron chi connectivity index (χ4n) is 2.80. The number of nitrogens with zero attached hydrogens (tertiary/aromatic N) is 1. The predicted molar refractivity (Wildman–Crippen MR) is 101 cm³/mol. The van der Waals surface area contributed by atoms with Crippen LogP contribution in [0.25, 0.3) is 6.08 Å². The third-order valence-corrected chi connectivity index (χ3v) is 5.04. The van der Waals surface area contributed by atoms with Crippen LogP contribution in [0.2, 0.25) is 10.0 Å². The second-order valence-electron chi connectivity index (χ2n) is 6.33. The predicted octanol–water partition coefficient (Wildman–Crippen LogP) is 4.28. The molecule has 1 aromatic carbocycles. The Labute approximate surface area is 162 Å². The molecule has 0 unspecified atom stereocenters. The average Bonchev–Trinajstić information content (AvgIpc) is 2.63. The van der Waals surface area contributed by atoms with Crippen molar-refractivity contribution in [2.75, 3.05) is 0 Å². The van der Waals surface area contributed by atoms with Crippen molar-refractivity contribution in [2.24, 2.45) is 0 Å². The molecule has 2 rings (SSSR count). The van der Waals surface area contributed by atoms with E-state index < -0.39 is 23.5 Å². The Kier molecular flexibility index (Phi) is 7.07. The number of hydrogen-bond donors (Lipinski definition) is 1. The molecule has 1 aromatic rings. The highest BCUT2D eigenvalue weighted by Gasteiger charge is 2.35. The normalized spacial score (nSPS) is 17.3. The standard InChI is InChI=1S/C19H20Cl2N2O3/c1-13(18(25)23-19(12-22)9-3-2-4-10-19)26-17(24)8-6-14-5-7-15(20)16(21)11-14/h5-8,11,13H,2-4,9-10H2,1H3,(H,23,25)/b8-6+/t13-/m0/s1. The van der Waals surface area contributed by atoms with Crippen LogP contribution in [-0.2, 0) is 14.3 Å². The van der Waals surface area contributed by atoms with E-state index in [9.17, 15) is 14.9 Å². The van der Waals surface area contributed by atoms with E-state index in [0.717, 1.165) is 19.3 Å². The topological polar surface area (TPSA) is 79.2 Å². The first-order valence-corrected chi connectivity index (χ1v) is 9.18. The smallest absolute Gasteiger partial charge is 0.331 e. The Balaban J connectivity index is 1.91. The van der Waals surface area contributed by atoms with E-state index in [1.54, 1.807) is 18.2 Å². The lowest BCUT2D eigenvalue weighted by molar-refractivity contribution is -0.150. The summed E-state index contributed by atoms with van der Waals surface area (Å²) < 4.78 is 5.11. The highest BCUT2D eigenvalue weighted by Crippen LogP contribution is 2.27. The van der Waals surface area contributed by atoms with E-state index in [4.69, 9.17) is 27.9 Å². The van der Waals surface area contributed by atoms with Gasteiger partial charge in [0, 0.05) is 6.08 Å². The summed E-state index contributed by atoms with van der Waals surface area (Å²) in [7, 11) is 0. The molecule has 0 aliphatic heterocycles. The minimum atomic E-state index is -0.992. The monoisotopic (exact) mass is 394 g/mol. The Morgan fingerprint density at radius 3 is 2.58 bits per heavy atom. The number of hydrogen-bond acceptors (Lipinski definition) is 4. The van der Waals surface area contributed by atoms with Gasteiger partial charge in [-0.25, -0.2) is 4.79 Å². The average molecular weight is 395 g/mol. The second-order valence-corrected chi connectivity index (χ2v) is 7.14. The van der Waals surface area contributed by atoms with Crippen molar-refractivity contribution in [3.63, 3.8) is 0 Å². The summed E-state index contributed by atoms with van der Waals surface area (Å²) in [6, 6.07) is 7.14. The lowest BCUT2D eigenvalue weighted by Crippen LogP contribution is -2.52. The summed E-state index contributed by atoms with van der Waals surface area (Å²) in [4.78, 5) is 24.2. The number of ether oxygens (including phenoxy) is 1. The first-order valence-electron chi connectivity index (χ1n) is 8.42. The van der Waals surface area contributed by atoms with Crippen molar-refractivity contribution in [3.05, 3.63) is 39.9 Å². The van der Waals surface area contributed by atoms with Gasteiger partial charge in [0.25, 0.3) is 5.91 Å². The van der Waals surface area contributed by atoms with Crippen LogP contribution in [0.4, 0.5) is 0 Å². The van der Waals surface area contributed by atoms with Gasteiger partial charge in [-0.2, -0.15) is 5.26 Å². The van der Waals surface area contributed by atoms with Gasteiger partial charge in [0.05, 0.1) is 16.1 Å². The number of carbonyl (C=O) groups is 2. The van der Waals surface area contributed by atoms with Crippen LogP contribution < -0.4 is 5.32 Å². The minimum absolute atomic E-state index is 0.379. The lowest BCUT2D eigenvalue weighted by Gasteiger charge is -2.32. The van der Waals surface area contributed by atoms with Crippen LogP contribution in [0.3, 0.4) is 0 Å². The molecule has 7 heteroatoms. The van der Waals surface area contributed by atoms with E-state index in [2.05, 4.69) is 11.4 Å². The van der Waals surface area contributed by atoms with Crippen LogP contribution in [-0.4, -0.2) is 23.5 Å². The van der Waals surface area contributed by atoms with Gasteiger partial charge < -0.3 is 10.1 Å². The van der Waals surface area contributed by atoms with E-state index in [1.165, 1.54) is 19.1 Å². The van der Waals surface area contributed by atoms with Crippen molar-refractivity contribution < 1.29 is 14.3 Å². The molecular formula is C19H20Cl2N2O3. The van der Waals surface area contributed by atoms with Gasteiger partial charge in [-0.15, -0.1) is 0 Å². The van der Waals surface area contributed by atoms with Crippen LogP contribution in [0.5, 0.6) is 0 Å². The van der Waals surface area contributed by atoms with Crippen LogP contribution in [0.15, 0.2) is 24.3 Å². The number of esters is 1. The van der Waals surface area contributed by atoms with E-state index in [0.29, 0.717) is 28.5 Å². The van der Waals surface area contributed by atoms with Gasteiger partial charge >= 0.3 is 5.97 Å². The molecule has 0 heterocycles. The molecule has 1 aliphatic carbocycles. The van der Waals surface area contributed by atoms with E-state index in [1.807, 2.05) is 0 Å². The van der Waals surface area contributed by atoms with Crippen LogP contribution >= 0.6 is 23.2 Å². The molecule has 1 saturated carbocycles. The second kappa shape index (κ2) is 9.07. The lowest BCUT2D eigenvalue weighted by atomic mass is 9.83. The maximum absolute atomic E-state index is 12.3. The Hall–Kier alpha value is -2.03. The highest BCUT2D eigenvalue weighted by molar-refractivity contribution is 6.42. The van der Waals surface area contributed by atoms with E-state index >= 15 is 0 Å². The van der Waals surface area contributed by atoms with Gasteiger partial charge in [-0.3, -0.25) is 4.79 Å². The molecule has 1 N–H and O–H groups in total. The first kappa shape index (κ1) is 20.3. The SMILES string of the molecule is C[C@H](OC(=O)/C=C/c1ccc(Cl)c(Cl)c1)C(=O)NC1(C#N)CCCCC1. The number of carbonyl (C=O) groups excluding carboxylic acids is 2. The number of rotatable bonds is 5. The van der Waals surface area contributed by atoms with Crippen LogP contribution in [0.1, 0.15) is 44.6 Å². The fourth-order valence-corrected chi connectivity index (χ4v) is 3.11. The molecule has 26 heavy (non-hydrogen) atoms. The number of nitriles is 1. The van der Waals surface area contributed by atoms with Gasteiger partial charge in [0.2, 0.25) is 0 Å². The summed E-state index contributed by atoms with van der Waals surface area (Å²) in [6.45, 7) is 1.48. The zero-order valence-corrected chi connectivity index (χ0v) is 15.9. The number of halogens is 2. The Bertz CT molecular complexity index is 750. The van der Waals surface area contributed by atoms with Gasteiger partial charge in [0.1, 0.15) is 5.54 Å². The van der Waals surface area contributed by atoms with Crippen molar-refractivity contribution in [1.29, 1.82) is 5.26 Å². The van der Waals surface area contributed by atoms with Crippen molar-refractivity contribution in [1.82, 2.24) is 5.32 Å². The number of nitrogens with one attached hydrogen (secondary N) is 1. The summed E-state index contributed by atoms with van der Waals surface area (Å²) >= 11 is 11.7. The van der Waals surface area contributed by atoms with Crippen molar-refractivity contribution in [3.8, 4) is 6.07 Å². The molecule has 0 saturated heterocycles. The molecule has 0 radical (unpaired) electrons. The van der Waals surface area contributed by atoms with E-state index in [-0.39, 0.29) is 0 Å². The van der Waals surface area contributed by atoms with Gasteiger partial charge in [0.15, 0.2) is 6.10 Å². The quantitative estimate of drug-likeness (QED) is 0.596. The molecule has 1 atom stereocenters. The molecule has 1 amide bonds. The summed E-state index contributed by atoms with van der Waals surface area (Å²) in [5, 5.41) is 12.9. The van der Waals surface area contributed by atoms with Crippen molar-refractivity contribution in [2.45, 2.75) is 50.7 Å². The molecule has 0 spiro atoms. The zero-order chi connectivity index (χ0) is 19.2.